The van der Waals surface area contributed by atoms with Gasteiger partial charge in [-0.05, 0) is 43.4 Å². The Labute approximate surface area is 86.5 Å². The van der Waals surface area contributed by atoms with E-state index in [2.05, 4.69) is 37.4 Å². The molecule has 2 rings (SSSR count). The van der Waals surface area contributed by atoms with Crippen LogP contribution in [0.2, 0.25) is 0 Å². The molecular formula is C13H19N. The van der Waals surface area contributed by atoms with E-state index in [0.717, 1.165) is 19.0 Å². The first-order valence-corrected chi connectivity index (χ1v) is 5.61. The van der Waals surface area contributed by atoms with E-state index in [1.165, 1.54) is 24.0 Å². The molecule has 0 amide bonds. The maximum atomic E-state index is 3.41. The Morgan fingerprint density at radius 1 is 1.36 bits per heavy atom. The third-order valence-electron chi connectivity index (χ3n) is 2.88. The SMILES string of the molecule is CCNCc1ccc(C)cc1C1CC1. The molecule has 1 aromatic carbocycles. The molecule has 0 aliphatic heterocycles. The van der Waals surface area contributed by atoms with Crippen LogP contribution in [0.3, 0.4) is 0 Å². The van der Waals surface area contributed by atoms with E-state index in [1.54, 1.807) is 5.56 Å². The van der Waals surface area contributed by atoms with Gasteiger partial charge in [0.25, 0.3) is 0 Å². The van der Waals surface area contributed by atoms with Gasteiger partial charge in [0.15, 0.2) is 0 Å². The van der Waals surface area contributed by atoms with Crippen LogP contribution in [0.25, 0.3) is 0 Å². The van der Waals surface area contributed by atoms with E-state index in [9.17, 15) is 0 Å². The molecule has 76 valence electrons. The van der Waals surface area contributed by atoms with Crippen molar-refractivity contribution in [3.05, 3.63) is 34.9 Å². The number of rotatable bonds is 4. The summed E-state index contributed by atoms with van der Waals surface area (Å²) in [6.45, 7) is 6.43. The molecule has 0 atom stereocenters. The number of hydrogen-bond donors (Lipinski definition) is 1. The Hall–Kier alpha value is -0.820. The minimum absolute atomic E-state index is 0.864. The molecule has 0 spiro atoms. The molecule has 0 heterocycles. The number of nitrogens with one attached hydrogen (secondary N) is 1. The van der Waals surface area contributed by atoms with E-state index in [0.29, 0.717) is 0 Å². The summed E-state index contributed by atoms with van der Waals surface area (Å²) < 4.78 is 0. The van der Waals surface area contributed by atoms with Crippen LogP contribution in [0.1, 0.15) is 42.4 Å². The van der Waals surface area contributed by atoms with Gasteiger partial charge in [0.1, 0.15) is 0 Å². The van der Waals surface area contributed by atoms with Crippen LogP contribution in [0.4, 0.5) is 0 Å². The van der Waals surface area contributed by atoms with Crippen LogP contribution < -0.4 is 5.32 Å². The molecule has 1 aliphatic rings. The van der Waals surface area contributed by atoms with Crippen LogP contribution in [-0.4, -0.2) is 6.54 Å². The molecule has 0 aromatic heterocycles. The monoisotopic (exact) mass is 189 g/mol. The smallest absolute Gasteiger partial charge is 0.0208 e. The van der Waals surface area contributed by atoms with Gasteiger partial charge >= 0.3 is 0 Å². The van der Waals surface area contributed by atoms with Crippen LogP contribution in [0, 0.1) is 6.92 Å². The van der Waals surface area contributed by atoms with Crippen molar-refractivity contribution >= 4 is 0 Å². The van der Waals surface area contributed by atoms with Gasteiger partial charge in [-0.1, -0.05) is 30.7 Å². The predicted molar refractivity (Wildman–Crippen MR) is 60.5 cm³/mol. The molecule has 1 nitrogen and oxygen atoms in total. The van der Waals surface area contributed by atoms with Gasteiger partial charge in [0.2, 0.25) is 0 Å². The Morgan fingerprint density at radius 2 is 2.14 bits per heavy atom. The van der Waals surface area contributed by atoms with Crippen LogP contribution in [0.15, 0.2) is 18.2 Å². The molecule has 0 bridgehead atoms. The second-order valence-electron chi connectivity index (χ2n) is 4.26. The summed E-state index contributed by atoms with van der Waals surface area (Å²) in [4.78, 5) is 0. The standard InChI is InChI=1S/C13H19N/c1-3-14-9-12-5-4-10(2)8-13(12)11-6-7-11/h4-5,8,11,14H,3,6-7,9H2,1-2H3. The van der Waals surface area contributed by atoms with Gasteiger partial charge in [-0.2, -0.15) is 0 Å². The van der Waals surface area contributed by atoms with E-state index >= 15 is 0 Å². The average Bonchev–Trinajstić information content (AvgIpc) is 2.99. The van der Waals surface area contributed by atoms with Crippen molar-refractivity contribution in [1.29, 1.82) is 0 Å². The van der Waals surface area contributed by atoms with Crippen molar-refractivity contribution in [1.82, 2.24) is 5.32 Å². The molecule has 1 N–H and O–H groups in total. The fraction of sp³-hybridized carbons (Fsp3) is 0.538. The number of hydrogen-bond acceptors (Lipinski definition) is 1. The topological polar surface area (TPSA) is 12.0 Å². The van der Waals surface area contributed by atoms with Gasteiger partial charge in [-0.3, -0.25) is 0 Å². The van der Waals surface area contributed by atoms with E-state index < -0.39 is 0 Å². The summed E-state index contributed by atoms with van der Waals surface area (Å²) in [7, 11) is 0. The minimum Gasteiger partial charge on any atom is -0.313 e. The van der Waals surface area contributed by atoms with Crippen molar-refractivity contribution in [3.8, 4) is 0 Å². The van der Waals surface area contributed by atoms with Crippen molar-refractivity contribution in [3.63, 3.8) is 0 Å². The highest BCUT2D eigenvalue weighted by Crippen LogP contribution is 2.41. The Balaban J connectivity index is 2.19. The molecule has 1 fully saturated rings. The lowest BCUT2D eigenvalue weighted by Gasteiger charge is -2.10. The number of aryl methyl sites for hydroxylation is 1. The summed E-state index contributed by atoms with van der Waals surface area (Å²) >= 11 is 0. The zero-order valence-electron chi connectivity index (χ0n) is 9.14. The molecule has 1 aliphatic carbocycles. The van der Waals surface area contributed by atoms with Crippen LogP contribution >= 0.6 is 0 Å². The Morgan fingerprint density at radius 3 is 2.79 bits per heavy atom. The van der Waals surface area contributed by atoms with Crippen LogP contribution in [0.5, 0.6) is 0 Å². The Kier molecular flexibility index (Phi) is 2.87. The van der Waals surface area contributed by atoms with Crippen molar-refractivity contribution < 1.29 is 0 Å². The molecule has 1 heteroatoms. The summed E-state index contributed by atoms with van der Waals surface area (Å²) in [5.41, 5.74) is 4.48. The lowest BCUT2D eigenvalue weighted by atomic mass is 10.0. The summed E-state index contributed by atoms with van der Waals surface area (Å²) in [5.74, 6) is 0.864. The normalized spacial score (nSPS) is 15.9. The molecule has 0 unspecified atom stereocenters. The molecule has 0 saturated heterocycles. The average molecular weight is 189 g/mol. The van der Waals surface area contributed by atoms with Gasteiger partial charge in [0, 0.05) is 6.54 Å². The van der Waals surface area contributed by atoms with E-state index in [1.807, 2.05) is 0 Å². The second-order valence-corrected chi connectivity index (χ2v) is 4.26. The summed E-state index contributed by atoms with van der Waals surface area (Å²) in [6.07, 6.45) is 2.78. The van der Waals surface area contributed by atoms with Gasteiger partial charge < -0.3 is 5.32 Å². The first kappa shape index (κ1) is 9.72. The van der Waals surface area contributed by atoms with Crippen molar-refractivity contribution in [2.24, 2.45) is 0 Å². The molecule has 14 heavy (non-hydrogen) atoms. The Bertz CT molecular complexity index is 313. The van der Waals surface area contributed by atoms with E-state index in [4.69, 9.17) is 0 Å². The summed E-state index contributed by atoms with van der Waals surface area (Å²) in [6, 6.07) is 6.87. The zero-order chi connectivity index (χ0) is 9.97. The number of benzene rings is 1. The summed E-state index contributed by atoms with van der Waals surface area (Å²) in [5, 5.41) is 3.41. The van der Waals surface area contributed by atoms with Gasteiger partial charge in [-0.25, -0.2) is 0 Å². The maximum absolute atomic E-state index is 3.41. The van der Waals surface area contributed by atoms with Crippen molar-refractivity contribution in [2.75, 3.05) is 6.54 Å². The highest BCUT2D eigenvalue weighted by molar-refractivity contribution is 5.36. The maximum Gasteiger partial charge on any atom is 0.0208 e. The molecule has 1 aromatic rings. The lowest BCUT2D eigenvalue weighted by molar-refractivity contribution is 0.720. The highest BCUT2D eigenvalue weighted by atomic mass is 14.8. The second kappa shape index (κ2) is 4.14. The largest absolute Gasteiger partial charge is 0.313 e. The lowest BCUT2D eigenvalue weighted by Crippen LogP contribution is -2.13. The molecular weight excluding hydrogens is 170 g/mol. The highest BCUT2D eigenvalue weighted by Gasteiger charge is 2.25. The fourth-order valence-corrected chi connectivity index (χ4v) is 1.91. The third-order valence-corrected chi connectivity index (χ3v) is 2.88. The minimum atomic E-state index is 0.864. The van der Waals surface area contributed by atoms with Crippen LogP contribution in [-0.2, 0) is 6.54 Å². The first-order chi connectivity index (χ1) is 6.81. The predicted octanol–water partition coefficient (Wildman–Crippen LogP) is 2.98. The molecule has 0 radical (unpaired) electrons. The first-order valence-electron chi connectivity index (χ1n) is 5.61. The van der Waals surface area contributed by atoms with E-state index in [-0.39, 0.29) is 0 Å². The zero-order valence-corrected chi connectivity index (χ0v) is 9.14. The van der Waals surface area contributed by atoms with Gasteiger partial charge in [-0.15, -0.1) is 0 Å². The third kappa shape index (κ3) is 2.16. The molecule has 1 saturated carbocycles. The fourth-order valence-electron chi connectivity index (χ4n) is 1.91. The van der Waals surface area contributed by atoms with Crippen molar-refractivity contribution in [2.45, 2.75) is 39.2 Å². The van der Waals surface area contributed by atoms with Gasteiger partial charge in [0.05, 0.1) is 0 Å². The quantitative estimate of drug-likeness (QED) is 0.767.